The van der Waals surface area contributed by atoms with Gasteiger partial charge in [-0.2, -0.15) is 0 Å². The van der Waals surface area contributed by atoms with Gasteiger partial charge in [-0.3, -0.25) is 4.79 Å². The van der Waals surface area contributed by atoms with Crippen molar-refractivity contribution in [3.63, 3.8) is 0 Å². The highest BCUT2D eigenvalue weighted by Gasteiger charge is 2.07. The molecule has 0 atom stereocenters. The lowest BCUT2D eigenvalue weighted by Gasteiger charge is -2.10. The van der Waals surface area contributed by atoms with Crippen LogP contribution in [0.3, 0.4) is 0 Å². The zero-order valence-electron chi connectivity index (χ0n) is 11.7. The van der Waals surface area contributed by atoms with Crippen LogP contribution in [0.1, 0.15) is 11.1 Å². The number of ether oxygens (including phenoxy) is 1. The maximum Gasteiger partial charge on any atom is 0.262 e. The first-order valence-corrected chi connectivity index (χ1v) is 8.28. The molecule has 0 radical (unpaired) electrons. The number of carbonyl (C=O) groups is 1. The largest absolute Gasteiger partial charge is 0.484 e. The molecule has 0 aliphatic heterocycles. The first kappa shape index (κ1) is 16.3. The Bertz CT molecular complexity index is 673. The normalized spacial score (nSPS) is 10.3. The topological polar surface area (TPSA) is 38.3 Å². The van der Waals surface area contributed by atoms with Gasteiger partial charge in [0.2, 0.25) is 0 Å². The second kappa shape index (κ2) is 7.26. The van der Waals surface area contributed by atoms with E-state index in [-0.39, 0.29) is 12.5 Å². The Morgan fingerprint density at radius 2 is 1.95 bits per heavy atom. The zero-order chi connectivity index (χ0) is 15.4. The summed E-state index contributed by atoms with van der Waals surface area (Å²) in [5, 5.41) is 2.84. The van der Waals surface area contributed by atoms with Gasteiger partial charge >= 0.3 is 0 Å². The van der Waals surface area contributed by atoms with E-state index in [0.29, 0.717) is 5.75 Å². The monoisotopic (exact) mass is 459 g/mol. The Balaban J connectivity index is 1.94. The fourth-order valence-corrected chi connectivity index (χ4v) is 3.17. The van der Waals surface area contributed by atoms with E-state index in [4.69, 9.17) is 4.74 Å². The number of amides is 1. The van der Waals surface area contributed by atoms with E-state index in [2.05, 4.69) is 43.8 Å². The van der Waals surface area contributed by atoms with E-state index in [0.717, 1.165) is 19.3 Å². The van der Waals surface area contributed by atoms with E-state index in [1.165, 1.54) is 5.56 Å². The minimum absolute atomic E-state index is 0.00531. The molecule has 0 aromatic heterocycles. The molecule has 3 nitrogen and oxygen atoms in total. The maximum atomic E-state index is 11.9. The zero-order valence-corrected chi connectivity index (χ0v) is 15.5. The predicted molar refractivity (Wildman–Crippen MR) is 96.9 cm³/mol. The van der Waals surface area contributed by atoms with Gasteiger partial charge in [0.25, 0.3) is 5.91 Å². The fraction of sp³-hybridized carbons (Fsp3) is 0.188. The van der Waals surface area contributed by atoms with Crippen molar-refractivity contribution in [2.45, 2.75) is 13.8 Å². The number of nitrogens with one attached hydrogen (secondary N) is 1. The van der Waals surface area contributed by atoms with Gasteiger partial charge < -0.3 is 10.1 Å². The molecule has 2 aromatic carbocycles. The van der Waals surface area contributed by atoms with Crippen molar-refractivity contribution in [1.29, 1.82) is 0 Å². The molecule has 0 spiro atoms. The van der Waals surface area contributed by atoms with E-state index in [9.17, 15) is 4.79 Å². The average Bonchev–Trinajstić information content (AvgIpc) is 2.43. The van der Waals surface area contributed by atoms with E-state index >= 15 is 0 Å². The number of carbonyl (C=O) groups excluding carboxylic acids is 1. The number of benzene rings is 2. The van der Waals surface area contributed by atoms with Crippen molar-refractivity contribution in [1.82, 2.24) is 0 Å². The molecule has 0 unspecified atom stereocenters. The first-order valence-electron chi connectivity index (χ1n) is 6.40. The Kier molecular flexibility index (Phi) is 5.64. The molecule has 21 heavy (non-hydrogen) atoms. The fourth-order valence-electron chi connectivity index (χ4n) is 1.73. The summed E-state index contributed by atoms with van der Waals surface area (Å²) in [6.45, 7) is 4.06. The lowest BCUT2D eigenvalue weighted by Crippen LogP contribution is -2.20. The molecule has 0 bridgehead atoms. The lowest BCUT2D eigenvalue weighted by atomic mass is 10.1. The molecule has 5 heteroatoms. The summed E-state index contributed by atoms with van der Waals surface area (Å²) in [6.07, 6.45) is 0. The molecule has 2 rings (SSSR count). The molecule has 110 valence electrons. The predicted octanol–water partition coefficient (Wildman–Crippen LogP) is 4.69. The van der Waals surface area contributed by atoms with Crippen LogP contribution >= 0.6 is 38.5 Å². The second-order valence-corrected chi connectivity index (χ2v) is 6.78. The van der Waals surface area contributed by atoms with Gasteiger partial charge in [0, 0.05) is 8.04 Å². The summed E-state index contributed by atoms with van der Waals surface area (Å²) in [5.74, 6) is 0.534. The maximum absolute atomic E-state index is 11.9. The average molecular weight is 460 g/mol. The Morgan fingerprint density at radius 3 is 2.62 bits per heavy atom. The summed E-state index contributed by atoms with van der Waals surface area (Å²) in [5.41, 5.74) is 3.14. The van der Waals surface area contributed by atoms with Gasteiger partial charge in [-0.1, -0.05) is 22.0 Å². The van der Waals surface area contributed by atoms with Crippen LogP contribution in [0.4, 0.5) is 5.69 Å². The number of hydrogen-bond acceptors (Lipinski definition) is 2. The van der Waals surface area contributed by atoms with Crippen molar-refractivity contribution in [2.75, 3.05) is 11.9 Å². The van der Waals surface area contributed by atoms with Crippen LogP contribution in [-0.2, 0) is 4.79 Å². The molecule has 0 fully saturated rings. The van der Waals surface area contributed by atoms with Gasteiger partial charge in [0.15, 0.2) is 6.61 Å². The van der Waals surface area contributed by atoms with Crippen molar-refractivity contribution in [2.24, 2.45) is 0 Å². The SMILES string of the molecule is Cc1ccc(OCC(=O)Nc2ccc(Br)cc2I)cc1C. The highest BCUT2D eigenvalue weighted by molar-refractivity contribution is 14.1. The molecule has 0 aliphatic rings. The van der Waals surface area contributed by atoms with Crippen molar-refractivity contribution in [3.05, 3.63) is 55.6 Å². The standard InChI is InChI=1S/C16H15BrINO2/c1-10-3-5-13(7-11(10)2)21-9-16(20)19-15-6-4-12(17)8-14(15)18/h3-8H,9H2,1-2H3,(H,19,20). The summed E-state index contributed by atoms with van der Waals surface area (Å²) >= 11 is 5.58. The molecule has 0 heterocycles. The van der Waals surface area contributed by atoms with Crippen molar-refractivity contribution in [3.8, 4) is 5.75 Å². The first-order chi connectivity index (χ1) is 9.95. The van der Waals surface area contributed by atoms with Gasteiger partial charge in [0.1, 0.15) is 5.75 Å². The Labute approximate surface area is 146 Å². The molecule has 2 aromatic rings. The quantitative estimate of drug-likeness (QED) is 0.673. The van der Waals surface area contributed by atoms with E-state index in [1.54, 1.807) is 0 Å². The molecule has 1 N–H and O–H groups in total. The van der Waals surface area contributed by atoms with Crippen LogP contribution in [0.2, 0.25) is 0 Å². The van der Waals surface area contributed by atoms with Gasteiger partial charge in [-0.05, 0) is 77.9 Å². The smallest absolute Gasteiger partial charge is 0.262 e. The van der Waals surface area contributed by atoms with E-state index in [1.807, 2.05) is 50.2 Å². The van der Waals surface area contributed by atoms with Crippen LogP contribution in [0.25, 0.3) is 0 Å². The highest BCUT2D eigenvalue weighted by Crippen LogP contribution is 2.22. The number of rotatable bonds is 4. The van der Waals surface area contributed by atoms with Gasteiger partial charge in [-0.25, -0.2) is 0 Å². The number of halogens is 2. The molecule has 0 saturated carbocycles. The van der Waals surface area contributed by atoms with Crippen molar-refractivity contribution >= 4 is 50.1 Å². The van der Waals surface area contributed by atoms with Crippen LogP contribution in [0.15, 0.2) is 40.9 Å². The minimum Gasteiger partial charge on any atom is -0.484 e. The van der Waals surface area contributed by atoms with Gasteiger partial charge in [-0.15, -0.1) is 0 Å². The molecule has 1 amide bonds. The summed E-state index contributed by atoms with van der Waals surface area (Å²) in [4.78, 5) is 11.9. The number of hydrogen-bond donors (Lipinski definition) is 1. The highest BCUT2D eigenvalue weighted by atomic mass is 127. The Hall–Kier alpha value is -1.08. The van der Waals surface area contributed by atoms with Crippen LogP contribution in [-0.4, -0.2) is 12.5 Å². The number of aryl methyl sites for hydroxylation is 2. The minimum atomic E-state index is -0.173. The van der Waals surface area contributed by atoms with Crippen molar-refractivity contribution < 1.29 is 9.53 Å². The Morgan fingerprint density at radius 1 is 1.19 bits per heavy atom. The van der Waals surface area contributed by atoms with Crippen LogP contribution in [0, 0.1) is 17.4 Å². The van der Waals surface area contributed by atoms with Crippen LogP contribution in [0.5, 0.6) is 5.75 Å². The summed E-state index contributed by atoms with van der Waals surface area (Å²) in [7, 11) is 0. The third-order valence-corrected chi connectivity index (χ3v) is 4.44. The molecule has 0 aliphatic carbocycles. The van der Waals surface area contributed by atoms with Crippen LogP contribution < -0.4 is 10.1 Å². The molecular weight excluding hydrogens is 445 g/mol. The molecule has 0 saturated heterocycles. The summed E-state index contributed by atoms with van der Waals surface area (Å²) in [6, 6.07) is 11.5. The lowest BCUT2D eigenvalue weighted by molar-refractivity contribution is -0.118. The molecular formula is C16H15BrINO2. The second-order valence-electron chi connectivity index (χ2n) is 4.71. The summed E-state index contributed by atoms with van der Waals surface area (Å²) < 4.78 is 7.47. The van der Waals surface area contributed by atoms with E-state index < -0.39 is 0 Å². The third-order valence-electron chi connectivity index (χ3n) is 3.05. The number of anilines is 1. The van der Waals surface area contributed by atoms with Gasteiger partial charge in [0.05, 0.1) is 5.69 Å². The third kappa shape index (κ3) is 4.71.